The second-order valence-electron chi connectivity index (χ2n) is 4.23. The number of halogens is 2. The van der Waals surface area contributed by atoms with Gasteiger partial charge in [-0.15, -0.1) is 0 Å². The van der Waals surface area contributed by atoms with Gasteiger partial charge >= 0.3 is 0 Å². The Balaban J connectivity index is 2.10. The second kappa shape index (κ2) is 7.42. The molecule has 2 aromatic rings. The summed E-state index contributed by atoms with van der Waals surface area (Å²) in [5.41, 5.74) is 3.29. The summed E-state index contributed by atoms with van der Waals surface area (Å²) in [7, 11) is 1.57. The number of amides is 1. The lowest BCUT2D eigenvalue weighted by atomic mass is 10.2. The van der Waals surface area contributed by atoms with Gasteiger partial charge in [0.2, 0.25) is 0 Å². The van der Waals surface area contributed by atoms with E-state index in [0.717, 1.165) is 14.5 Å². The first-order valence-corrected chi connectivity index (χ1v) is 7.76. The fourth-order valence-electron chi connectivity index (χ4n) is 1.74. The molecule has 2 rings (SSSR count). The monoisotopic (exact) mass is 426 g/mol. The van der Waals surface area contributed by atoms with Crippen LogP contribution in [0.1, 0.15) is 15.9 Å². The largest absolute Gasteiger partial charge is 0.507 e. The van der Waals surface area contributed by atoms with E-state index in [1.165, 1.54) is 18.3 Å². The number of hydrogen-bond donors (Lipinski definition) is 2. The summed E-state index contributed by atoms with van der Waals surface area (Å²) in [4.78, 5) is 11.9. The number of hydrogen-bond acceptors (Lipinski definition) is 4. The first kappa shape index (κ1) is 16.5. The number of nitrogens with one attached hydrogen (secondary N) is 1. The third-order valence-corrected chi connectivity index (χ3v) is 3.93. The summed E-state index contributed by atoms with van der Waals surface area (Å²) in [5, 5.41) is 13.5. The van der Waals surface area contributed by atoms with Gasteiger partial charge < -0.3 is 9.84 Å². The highest BCUT2D eigenvalue weighted by Crippen LogP contribution is 2.33. The molecule has 1 amide bonds. The Morgan fingerprint density at radius 2 is 1.91 bits per heavy atom. The smallest absolute Gasteiger partial charge is 0.275 e. The van der Waals surface area contributed by atoms with Crippen LogP contribution in [-0.4, -0.2) is 24.3 Å². The molecule has 7 heteroatoms. The molecule has 0 saturated carbocycles. The number of hydrazone groups is 1. The minimum Gasteiger partial charge on any atom is -0.507 e. The van der Waals surface area contributed by atoms with Gasteiger partial charge in [-0.25, -0.2) is 5.43 Å². The molecule has 0 unspecified atom stereocenters. The highest BCUT2D eigenvalue weighted by molar-refractivity contribution is 9.11. The average Bonchev–Trinajstić information content (AvgIpc) is 2.47. The molecule has 2 N–H and O–H groups in total. The zero-order chi connectivity index (χ0) is 16.1. The molecule has 5 nitrogen and oxygen atoms in total. The maximum atomic E-state index is 11.9. The number of phenolic OH excluding ortho intramolecular Hbond substituents is 1. The highest BCUT2D eigenvalue weighted by Gasteiger charge is 2.09. The van der Waals surface area contributed by atoms with E-state index in [9.17, 15) is 9.90 Å². The van der Waals surface area contributed by atoms with Crippen LogP contribution in [0.3, 0.4) is 0 Å². The van der Waals surface area contributed by atoms with Crippen molar-refractivity contribution in [3.63, 3.8) is 0 Å². The van der Waals surface area contributed by atoms with Crippen LogP contribution in [0.5, 0.6) is 11.5 Å². The van der Waals surface area contributed by atoms with Crippen molar-refractivity contribution in [1.29, 1.82) is 0 Å². The van der Waals surface area contributed by atoms with Crippen molar-refractivity contribution >= 4 is 44.0 Å². The lowest BCUT2D eigenvalue weighted by molar-refractivity contribution is 0.0952. The van der Waals surface area contributed by atoms with Gasteiger partial charge in [0, 0.05) is 0 Å². The maximum absolute atomic E-state index is 11.9. The summed E-state index contributed by atoms with van der Waals surface area (Å²) < 4.78 is 6.73. The van der Waals surface area contributed by atoms with Gasteiger partial charge in [-0.05, 0) is 61.7 Å². The minimum absolute atomic E-state index is 0.0925. The van der Waals surface area contributed by atoms with Crippen LogP contribution >= 0.6 is 31.9 Å². The predicted octanol–water partition coefficient (Wildman–Crippen LogP) is 3.69. The number of ether oxygens (including phenoxy) is 1. The van der Waals surface area contributed by atoms with E-state index in [2.05, 4.69) is 42.4 Å². The van der Waals surface area contributed by atoms with Crippen LogP contribution in [0, 0.1) is 0 Å². The number of para-hydroxylation sites is 1. The summed E-state index contributed by atoms with van der Waals surface area (Å²) in [5.74, 6) is 0.0986. The van der Waals surface area contributed by atoms with Crippen LogP contribution in [0.2, 0.25) is 0 Å². The zero-order valence-electron chi connectivity index (χ0n) is 11.5. The van der Waals surface area contributed by atoms with Crippen molar-refractivity contribution in [2.75, 3.05) is 7.11 Å². The number of rotatable bonds is 4. The molecule has 114 valence electrons. The second-order valence-corrected chi connectivity index (χ2v) is 5.94. The maximum Gasteiger partial charge on any atom is 0.275 e. The molecule has 0 radical (unpaired) electrons. The normalized spacial score (nSPS) is 10.7. The van der Waals surface area contributed by atoms with Gasteiger partial charge in [0.15, 0.2) is 0 Å². The number of aromatic hydroxyl groups is 1. The van der Waals surface area contributed by atoms with Crippen molar-refractivity contribution < 1.29 is 14.6 Å². The van der Waals surface area contributed by atoms with Crippen LogP contribution in [0.15, 0.2) is 50.4 Å². The van der Waals surface area contributed by atoms with Crippen LogP contribution in [0.25, 0.3) is 0 Å². The number of methoxy groups -OCH3 is 1. The molecular weight excluding hydrogens is 416 g/mol. The molecule has 0 atom stereocenters. The van der Waals surface area contributed by atoms with Crippen molar-refractivity contribution in [3.8, 4) is 11.5 Å². The molecule has 0 bridgehead atoms. The van der Waals surface area contributed by atoms with Crippen molar-refractivity contribution in [2.45, 2.75) is 0 Å². The first-order chi connectivity index (χ1) is 10.5. The van der Waals surface area contributed by atoms with Gasteiger partial charge in [-0.3, -0.25) is 4.79 Å². The number of benzene rings is 2. The molecular formula is C15H12Br2N2O3. The summed E-state index contributed by atoms with van der Waals surface area (Å²) in [6.07, 6.45) is 1.49. The Morgan fingerprint density at radius 3 is 2.50 bits per heavy atom. The number of carbonyl (C=O) groups excluding carboxylic acids is 1. The molecule has 0 spiro atoms. The first-order valence-electron chi connectivity index (χ1n) is 6.17. The van der Waals surface area contributed by atoms with Crippen LogP contribution in [0.4, 0.5) is 0 Å². The van der Waals surface area contributed by atoms with E-state index >= 15 is 0 Å². The predicted molar refractivity (Wildman–Crippen MR) is 91.6 cm³/mol. The van der Waals surface area contributed by atoms with E-state index in [0.29, 0.717) is 5.75 Å². The molecule has 22 heavy (non-hydrogen) atoms. The topological polar surface area (TPSA) is 70.9 Å². The van der Waals surface area contributed by atoms with Crippen molar-refractivity contribution in [2.24, 2.45) is 5.10 Å². The molecule has 0 aliphatic carbocycles. The van der Waals surface area contributed by atoms with E-state index in [1.54, 1.807) is 31.4 Å². The Bertz CT molecular complexity index is 709. The number of phenols is 1. The van der Waals surface area contributed by atoms with E-state index in [-0.39, 0.29) is 11.3 Å². The Hall–Kier alpha value is -1.86. The van der Waals surface area contributed by atoms with Gasteiger partial charge in [-0.2, -0.15) is 5.10 Å². The number of carbonyl (C=O) groups is 1. The third kappa shape index (κ3) is 3.86. The fourth-order valence-corrected chi connectivity index (χ4v) is 3.29. The quantitative estimate of drug-likeness (QED) is 0.577. The molecule has 2 aromatic carbocycles. The van der Waals surface area contributed by atoms with E-state index in [1.807, 2.05) is 0 Å². The van der Waals surface area contributed by atoms with E-state index < -0.39 is 5.91 Å². The van der Waals surface area contributed by atoms with Gasteiger partial charge in [0.25, 0.3) is 5.91 Å². The summed E-state index contributed by atoms with van der Waals surface area (Å²) >= 11 is 6.78. The Kier molecular flexibility index (Phi) is 5.57. The lowest BCUT2D eigenvalue weighted by Crippen LogP contribution is -2.17. The molecule has 0 fully saturated rings. The zero-order valence-corrected chi connectivity index (χ0v) is 14.7. The van der Waals surface area contributed by atoms with Gasteiger partial charge in [0.05, 0.1) is 27.8 Å². The van der Waals surface area contributed by atoms with Crippen molar-refractivity contribution in [1.82, 2.24) is 5.43 Å². The summed E-state index contributed by atoms with van der Waals surface area (Å²) in [6.45, 7) is 0. The highest BCUT2D eigenvalue weighted by atomic mass is 79.9. The Labute approximate surface area is 144 Å². The molecule has 0 heterocycles. The van der Waals surface area contributed by atoms with Gasteiger partial charge in [-0.1, -0.05) is 12.1 Å². The molecule has 0 aliphatic rings. The SMILES string of the molecule is COc1c(Br)cc(/C=N\NC(=O)c2ccccc2O)cc1Br. The molecule has 0 saturated heterocycles. The van der Waals surface area contributed by atoms with E-state index in [4.69, 9.17) is 4.74 Å². The van der Waals surface area contributed by atoms with Gasteiger partial charge in [0.1, 0.15) is 11.5 Å². The molecule has 0 aliphatic heterocycles. The molecule has 0 aromatic heterocycles. The standard InChI is InChI=1S/C15H12Br2N2O3/c1-22-14-11(16)6-9(7-12(14)17)8-18-19-15(21)10-4-2-3-5-13(10)20/h2-8,20H,1H3,(H,19,21)/b18-8-. The summed E-state index contributed by atoms with van der Waals surface area (Å²) in [6, 6.07) is 9.87. The number of nitrogens with zero attached hydrogens (tertiary/aromatic N) is 1. The fraction of sp³-hybridized carbons (Fsp3) is 0.0667. The minimum atomic E-state index is -0.485. The van der Waals surface area contributed by atoms with Crippen LogP contribution in [-0.2, 0) is 0 Å². The van der Waals surface area contributed by atoms with Crippen molar-refractivity contribution in [3.05, 3.63) is 56.5 Å². The lowest BCUT2D eigenvalue weighted by Gasteiger charge is -2.07. The average molecular weight is 428 g/mol. The Morgan fingerprint density at radius 1 is 1.27 bits per heavy atom. The third-order valence-electron chi connectivity index (χ3n) is 2.75. The van der Waals surface area contributed by atoms with Crippen LogP contribution < -0.4 is 10.2 Å².